The Hall–Kier alpha value is -2.21. The highest BCUT2D eigenvalue weighted by atomic mass is 16.1. The molecule has 0 aliphatic rings. The zero-order valence-electron chi connectivity index (χ0n) is 11.5. The maximum atomic E-state index is 12.0. The van der Waals surface area contributed by atoms with E-state index in [1.54, 1.807) is 11.0 Å². The number of benzene rings is 1. The van der Waals surface area contributed by atoms with Crippen LogP contribution in [-0.4, -0.2) is 26.7 Å². The third-order valence-electron chi connectivity index (χ3n) is 2.95. The van der Waals surface area contributed by atoms with Gasteiger partial charge in [0, 0.05) is 12.5 Å². The summed E-state index contributed by atoms with van der Waals surface area (Å²) in [6.07, 6.45) is 5.19. The van der Waals surface area contributed by atoms with Gasteiger partial charge >= 0.3 is 0 Å². The van der Waals surface area contributed by atoms with Crippen molar-refractivity contribution in [2.45, 2.75) is 32.2 Å². The van der Waals surface area contributed by atoms with Crippen LogP contribution in [0.3, 0.4) is 0 Å². The van der Waals surface area contributed by atoms with E-state index in [0.29, 0.717) is 12.1 Å². The molecule has 1 aromatic heterocycles. The van der Waals surface area contributed by atoms with E-state index in [2.05, 4.69) is 22.3 Å². The molecule has 6 nitrogen and oxygen atoms in total. The van der Waals surface area contributed by atoms with E-state index < -0.39 is 0 Å². The summed E-state index contributed by atoms with van der Waals surface area (Å²) >= 11 is 0. The van der Waals surface area contributed by atoms with Crippen molar-refractivity contribution < 1.29 is 4.79 Å². The maximum Gasteiger partial charge on any atom is 0.225 e. The van der Waals surface area contributed by atoms with E-state index in [1.807, 2.05) is 24.3 Å². The number of hydrogen-bond donors (Lipinski definition) is 2. The number of aromatic nitrogens is 3. The van der Waals surface area contributed by atoms with Gasteiger partial charge in [-0.1, -0.05) is 25.5 Å². The molecule has 20 heavy (non-hydrogen) atoms. The maximum absolute atomic E-state index is 12.0. The minimum Gasteiger partial charge on any atom is -0.327 e. The molecular weight excluding hydrogens is 254 g/mol. The predicted molar refractivity (Wildman–Crippen MR) is 77.5 cm³/mol. The molecule has 6 heteroatoms. The second-order valence-electron chi connectivity index (χ2n) is 4.66. The number of anilines is 1. The normalized spacial score (nSPS) is 12.1. The molecule has 1 aromatic carbocycles. The number of para-hydroxylation sites is 2. The lowest BCUT2D eigenvalue weighted by Gasteiger charge is -2.13. The lowest BCUT2D eigenvalue weighted by Crippen LogP contribution is -2.27. The fourth-order valence-corrected chi connectivity index (χ4v) is 2.02. The molecule has 0 bridgehead atoms. The van der Waals surface area contributed by atoms with Crippen molar-refractivity contribution in [2.24, 2.45) is 5.73 Å². The van der Waals surface area contributed by atoms with Gasteiger partial charge in [-0.25, -0.2) is 9.67 Å². The summed E-state index contributed by atoms with van der Waals surface area (Å²) in [6.45, 7) is 2.05. The van der Waals surface area contributed by atoms with Gasteiger partial charge in [0.2, 0.25) is 5.91 Å². The van der Waals surface area contributed by atoms with Crippen LogP contribution in [0.1, 0.15) is 26.2 Å². The fraction of sp³-hybridized carbons (Fsp3) is 0.357. The highest BCUT2D eigenvalue weighted by Gasteiger charge is 2.11. The van der Waals surface area contributed by atoms with Crippen molar-refractivity contribution in [1.82, 2.24) is 14.8 Å². The summed E-state index contributed by atoms with van der Waals surface area (Å²) in [6, 6.07) is 7.35. The van der Waals surface area contributed by atoms with E-state index in [0.717, 1.165) is 18.5 Å². The molecule has 0 saturated carbocycles. The Bertz CT molecular complexity index is 552. The largest absolute Gasteiger partial charge is 0.327 e. The molecule has 0 aliphatic carbocycles. The van der Waals surface area contributed by atoms with Crippen LogP contribution < -0.4 is 11.1 Å². The second kappa shape index (κ2) is 6.81. The van der Waals surface area contributed by atoms with Gasteiger partial charge in [0.15, 0.2) is 0 Å². The molecule has 2 aromatic rings. The van der Waals surface area contributed by atoms with Gasteiger partial charge in [-0.2, -0.15) is 5.10 Å². The molecule has 1 unspecified atom stereocenters. The second-order valence-corrected chi connectivity index (χ2v) is 4.66. The first-order valence-corrected chi connectivity index (χ1v) is 6.70. The van der Waals surface area contributed by atoms with Crippen LogP contribution in [0.4, 0.5) is 5.69 Å². The van der Waals surface area contributed by atoms with Gasteiger partial charge in [-0.15, -0.1) is 0 Å². The van der Waals surface area contributed by atoms with Crippen LogP contribution in [0, 0.1) is 0 Å². The van der Waals surface area contributed by atoms with Crippen molar-refractivity contribution >= 4 is 11.6 Å². The van der Waals surface area contributed by atoms with Gasteiger partial charge in [0.1, 0.15) is 12.7 Å². The van der Waals surface area contributed by atoms with Crippen molar-refractivity contribution in [3.8, 4) is 5.69 Å². The number of carbonyl (C=O) groups is 1. The summed E-state index contributed by atoms with van der Waals surface area (Å²) in [5.74, 6) is -0.0847. The Labute approximate surface area is 118 Å². The first-order chi connectivity index (χ1) is 9.70. The van der Waals surface area contributed by atoms with Crippen LogP contribution in [0.15, 0.2) is 36.9 Å². The van der Waals surface area contributed by atoms with E-state index in [4.69, 9.17) is 5.73 Å². The number of rotatable bonds is 6. The SMILES string of the molecule is CCCC(N)CC(=O)Nc1ccccc1-n1cncn1. The molecule has 1 atom stereocenters. The number of carbonyl (C=O) groups excluding carboxylic acids is 1. The molecule has 0 saturated heterocycles. The standard InChI is InChI=1S/C14H19N5O/c1-2-5-11(15)8-14(20)18-12-6-3-4-7-13(12)19-10-16-9-17-19/h3-4,6-7,9-11H,2,5,8,15H2,1H3,(H,18,20). The van der Waals surface area contributed by atoms with Crippen LogP contribution in [0.25, 0.3) is 5.69 Å². The minimum atomic E-state index is -0.0986. The van der Waals surface area contributed by atoms with Crippen LogP contribution >= 0.6 is 0 Å². The van der Waals surface area contributed by atoms with E-state index >= 15 is 0 Å². The van der Waals surface area contributed by atoms with Crippen molar-refractivity contribution in [2.75, 3.05) is 5.32 Å². The molecule has 0 radical (unpaired) electrons. The van der Waals surface area contributed by atoms with Gasteiger partial charge < -0.3 is 11.1 Å². The summed E-state index contributed by atoms with van der Waals surface area (Å²) < 4.78 is 1.61. The number of nitrogens with two attached hydrogens (primary N) is 1. The zero-order chi connectivity index (χ0) is 14.4. The zero-order valence-corrected chi connectivity index (χ0v) is 11.5. The quantitative estimate of drug-likeness (QED) is 0.839. The lowest BCUT2D eigenvalue weighted by atomic mass is 10.1. The fourth-order valence-electron chi connectivity index (χ4n) is 2.02. The van der Waals surface area contributed by atoms with Crippen molar-refractivity contribution in [3.63, 3.8) is 0 Å². The molecule has 106 valence electrons. The highest BCUT2D eigenvalue weighted by Crippen LogP contribution is 2.19. The molecule has 0 fully saturated rings. The van der Waals surface area contributed by atoms with Gasteiger partial charge in [-0.05, 0) is 18.6 Å². The summed E-state index contributed by atoms with van der Waals surface area (Å²) in [5, 5.41) is 6.95. The number of amides is 1. The van der Waals surface area contributed by atoms with E-state index in [9.17, 15) is 4.79 Å². The smallest absolute Gasteiger partial charge is 0.225 e. The summed E-state index contributed by atoms with van der Waals surface area (Å²) in [7, 11) is 0. The van der Waals surface area contributed by atoms with Crippen molar-refractivity contribution in [3.05, 3.63) is 36.9 Å². The Balaban J connectivity index is 2.08. The van der Waals surface area contributed by atoms with Crippen molar-refractivity contribution in [1.29, 1.82) is 0 Å². The monoisotopic (exact) mass is 273 g/mol. The molecule has 1 amide bonds. The van der Waals surface area contributed by atoms with Gasteiger partial charge in [0.25, 0.3) is 0 Å². The van der Waals surface area contributed by atoms with Crippen LogP contribution in [-0.2, 0) is 4.79 Å². The molecule has 3 N–H and O–H groups in total. The van der Waals surface area contributed by atoms with Crippen LogP contribution in [0.5, 0.6) is 0 Å². The highest BCUT2D eigenvalue weighted by molar-refractivity contribution is 5.93. The molecule has 0 aliphatic heterocycles. The molecule has 1 heterocycles. The Kier molecular flexibility index (Phi) is 4.84. The Morgan fingerprint density at radius 1 is 1.45 bits per heavy atom. The van der Waals surface area contributed by atoms with Gasteiger partial charge in [0.05, 0.1) is 11.4 Å². The third kappa shape index (κ3) is 3.64. The first kappa shape index (κ1) is 14.2. The predicted octanol–water partition coefficient (Wildman–Crippen LogP) is 1.72. The lowest BCUT2D eigenvalue weighted by molar-refractivity contribution is -0.116. The average molecular weight is 273 g/mol. The Morgan fingerprint density at radius 2 is 2.25 bits per heavy atom. The van der Waals surface area contributed by atoms with Gasteiger partial charge in [-0.3, -0.25) is 4.79 Å². The topological polar surface area (TPSA) is 85.8 Å². The third-order valence-corrected chi connectivity index (χ3v) is 2.95. The van der Waals surface area contributed by atoms with E-state index in [-0.39, 0.29) is 11.9 Å². The number of hydrogen-bond acceptors (Lipinski definition) is 4. The first-order valence-electron chi connectivity index (χ1n) is 6.70. The number of nitrogens with one attached hydrogen (secondary N) is 1. The minimum absolute atomic E-state index is 0.0847. The molecular formula is C14H19N5O. The molecule has 2 rings (SSSR count). The van der Waals surface area contributed by atoms with E-state index in [1.165, 1.54) is 6.33 Å². The number of nitrogens with zero attached hydrogens (tertiary/aromatic N) is 3. The molecule has 0 spiro atoms. The summed E-state index contributed by atoms with van der Waals surface area (Å²) in [5.41, 5.74) is 7.36. The summed E-state index contributed by atoms with van der Waals surface area (Å²) in [4.78, 5) is 15.9. The van der Waals surface area contributed by atoms with Crippen LogP contribution in [0.2, 0.25) is 0 Å². The Morgan fingerprint density at radius 3 is 2.95 bits per heavy atom. The average Bonchev–Trinajstić information content (AvgIpc) is 2.93.